The van der Waals surface area contributed by atoms with E-state index in [1.165, 1.54) is 14.0 Å². The van der Waals surface area contributed by atoms with E-state index in [1.807, 2.05) is 0 Å². The molecule has 0 aromatic carbocycles. The van der Waals surface area contributed by atoms with Crippen LogP contribution in [0.5, 0.6) is 0 Å². The highest BCUT2D eigenvalue weighted by atomic mass is 32.2. The first kappa shape index (κ1) is 13.3. The van der Waals surface area contributed by atoms with Gasteiger partial charge in [-0.1, -0.05) is 0 Å². The lowest BCUT2D eigenvalue weighted by Crippen LogP contribution is -2.45. The Morgan fingerprint density at radius 2 is 2.07 bits per heavy atom. The third kappa shape index (κ3) is 6.81. The molecule has 2 N–H and O–H groups in total. The number of hydrogen-bond donors (Lipinski definition) is 2. The van der Waals surface area contributed by atoms with Crippen molar-refractivity contribution in [2.45, 2.75) is 13.0 Å². The molecule has 0 saturated heterocycles. The molecule has 6 nitrogen and oxygen atoms in total. The Balaban J connectivity index is 3.88. The van der Waals surface area contributed by atoms with Crippen LogP contribution >= 0.6 is 0 Å². The molecule has 1 amide bonds. The van der Waals surface area contributed by atoms with Gasteiger partial charge in [0.05, 0.1) is 18.9 Å². The smallest absolute Gasteiger partial charge is 0.237 e. The van der Waals surface area contributed by atoms with Gasteiger partial charge < -0.3 is 10.1 Å². The van der Waals surface area contributed by atoms with E-state index in [9.17, 15) is 13.2 Å². The first-order valence-electron chi connectivity index (χ1n) is 4.11. The van der Waals surface area contributed by atoms with Gasteiger partial charge in [-0.3, -0.25) is 4.79 Å². The molecule has 0 heterocycles. The van der Waals surface area contributed by atoms with E-state index in [1.54, 1.807) is 0 Å². The molecule has 0 bridgehead atoms. The van der Waals surface area contributed by atoms with Crippen LogP contribution in [0, 0.1) is 0 Å². The Hall–Kier alpha value is -0.660. The summed E-state index contributed by atoms with van der Waals surface area (Å²) in [5.41, 5.74) is 0. The standard InChI is InChI=1S/C7H16N2O4S/c1-6(9-14(3,11)12)7(10)8-4-5-13-2/h6,9H,4-5H2,1-3H3,(H,8,10). The average Bonchev–Trinajstić information content (AvgIpc) is 2.01. The van der Waals surface area contributed by atoms with Gasteiger partial charge in [0.1, 0.15) is 0 Å². The molecular formula is C7H16N2O4S. The van der Waals surface area contributed by atoms with Crippen LogP contribution in [0.25, 0.3) is 0 Å². The largest absolute Gasteiger partial charge is 0.383 e. The normalized spacial score (nSPS) is 13.6. The zero-order valence-corrected chi connectivity index (χ0v) is 9.35. The number of carbonyl (C=O) groups excluding carboxylic acids is 1. The second-order valence-electron chi connectivity index (χ2n) is 2.90. The lowest BCUT2D eigenvalue weighted by atomic mass is 10.3. The van der Waals surface area contributed by atoms with Gasteiger partial charge in [-0.25, -0.2) is 13.1 Å². The fourth-order valence-corrected chi connectivity index (χ4v) is 1.55. The molecule has 1 atom stereocenters. The summed E-state index contributed by atoms with van der Waals surface area (Å²) < 4.78 is 28.4. The molecule has 84 valence electrons. The van der Waals surface area contributed by atoms with Gasteiger partial charge in [0.2, 0.25) is 15.9 Å². The second kappa shape index (κ2) is 5.94. The molecule has 14 heavy (non-hydrogen) atoms. The van der Waals surface area contributed by atoms with Gasteiger partial charge in [0.15, 0.2) is 0 Å². The van der Waals surface area contributed by atoms with Crippen LogP contribution in [0.3, 0.4) is 0 Å². The Morgan fingerprint density at radius 1 is 1.50 bits per heavy atom. The maximum absolute atomic E-state index is 11.2. The molecule has 0 aliphatic heterocycles. The second-order valence-corrected chi connectivity index (χ2v) is 4.68. The molecule has 0 rings (SSSR count). The maximum Gasteiger partial charge on any atom is 0.237 e. The third-order valence-corrected chi connectivity index (χ3v) is 2.17. The van der Waals surface area contributed by atoms with Crippen LogP contribution in [0.2, 0.25) is 0 Å². The predicted octanol–water partition coefficient (Wildman–Crippen LogP) is -1.31. The highest BCUT2D eigenvalue weighted by Gasteiger charge is 2.15. The Kier molecular flexibility index (Phi) is 5.66. The molecule has 0 spiro atoms. The summed E-state index contributed by atoms with van der Waals surface area (Å²) in [7, 11) is -1.82. The van der Waals surface area contributed by atoms with Crippen molar-refractivity contribution >= 4 is 15.9 Å². The van der Waals surface area contributed by atoms with Crippen molar-refractivity contribution in [2.24, 2.45) is 0 Å². The van der Waals surface area contributed by atoms with Gasteiger partial charge in [0, 0.05) is 13.7 Å². The van der Waals surface area contributed by atoms with Crippen LogP contribution in [0.4, 0.5) is 0 Å². The van der Waals surface area contributed by atoms with Crippen molar-refractivity contribution in [2.75, 3.05) is 26.5 Å². The first-order chi connectivity index (χ1) is 6.37. The fraction of sp³-hybridized carbons (Fsp3) is 0.857. The van der Waals surface area contributed by atoms with Crippen molar-refractivity contribution in [1.82, 2.24) is 10.0 Å². The van der Waals surface area contributed by atoms with Crippen molar-refractivity contribution < 1.29 is 17.9 Å². The monoisotopic (exact) mass is 224 g/mol. The minimum atomic E-state index is -3.34. The van der Waals surface area contributed by atoms with E-state index in [-0.39, 0.29) is 5.91 Å². The van der Waals surface area contributed by atoms with Gasteiger partial charge in [0.25, 0.3) is 0 Å². The van der Waals surface area contributed by atoms with Gasteiger partial charge >= 0.3 is 0 Å². The number of methoxy groups -OCH3 is 1. The lowest BCUT2D eigenvalue weighted by molar-refractivity contribution is -0.122. The van der Waals surface area contributed by atoms with Gasteiger partial charge in [-0.2, -0.15) is 0 Å². The SMILES string of the molecule is COCCNC(=O)C(C)NS(C)(=O)=O. The van der Waals surface area contributed by atoms with E-state index in [0.717, 1.165) is 6.26 Å². The van der Waals surface area contributed by atoms with Gasteiger partial charge in [-0.05, 0) is 6.92 Å². The van der Waals surface area contributed by atoms with Crippen molar-refractivity contribution in [1.29, 1.82) is 0 Å². The van der Waals surface area contributed by atoms with Crippen LogP contribution in [-0.2, 0) is 19.6 Å². The molecule has 0 aliphatic rings. The summed E-state index contributed by atoms with van der Waals surface area (Å²) in [5.74, 6) is -0.368. The first-order valence-corrected chi connectivity index (χ1v) is 6.00. The molecule has 0 radical (unpaired) electrons. The molecule has 0 aromatic rings. The molecular weight excluding hydrogens is 208 g/mol. The number of sulfonamides is 1. The number of rotatable bonds is 6. The highest BCUT2D eigenvalue weighted by molar-refractivity contribution is 7.88. The summed E-state index contributed by atoms with van der Waals surface area (Å²) in [6.07, 6.45) is 1.01. The van der Waals surface area contributed by atoms with Crippen molar-refractivity contribution in [3.8, 4) is 0 Å². The van der Waals surface area contributed by atoms with Crippen LogP contribution in [0.15, 0.2) is 0 Å². The maximum atomic E-state index is 11.2. The average molecular weight is 224 g/mol. The molecule has 1 unspecified atom stereocenters. The van der Waals surface area contributed by atoms with Crippen LogP contribution in [0.1, 0.15) is 6.92 Å². The zero-order valence-electron chi connectivity index (χ0n) is 8.53. The van der Waals surface area contributed by atoms with Crippen molar-refractivity contribution in [3.63, 3.8) is 0 Å². The van der Waals surface area contributed by atoms with E-state index >= 15 is 0 Å². The number of ether oxygens (including phenoxy) is 1. The molecule has 0 aliphatic carbocycles. The van der Waals surface area contributed by atoms with Crippen molar-refractivity contribution in [3.05, 3.63) is 0 Å². The Morgan fingerprint density at radius 3 is 2.50 bits per heavy atom. The topological polar surface area (TPSA) is 84.5 Å². The van der Waals surface area contributed by atoms with E-state index in [4.69, 9.17) is 4.74 Å². The summed E-state index contributed by atoms with van der Waals surface area (Å²) in [5, 5.41) is 2.52. The van der Waals surface area contributed by atoms with Gasteiger partial charge in [-0.15, -0.1) is 0 Å². The summed E-state index contributed by atoms with van der Waals surface area (Å²) in [6.45, 7) is 2.24. The Bertz CT molecular complexity index is 275. The van der Waals surface area contributed by atoms with E-state index in [0.29, 0.717) is 13.2 Å². The molecule has 0 fully saturated rings. The summed E-state index contributed by atoms with van der Waals surface area (Å²) in [4.78, 5) is 11.2. The lowest BCUT2D eigenvalue weighted by Gasteiger charge is -2.11. The fourth-order valence-electron chi connectivity index (χ4n) is 0.804. The minimum absolute atomic E-state index is 0.366. The third-order valence-electron chi connectivity index (χ3n) is 1.39. The summed E-state index contributed by atoms with van der Waals surface area (Å²) in [6, 6.07) is -0.762. The molecule has 0 aromatic heterocycles. The number of carbonyl (C=O) groups is 1. The Labute approximate surface area is 84.1 Å². The predicted molar refractivity (Wildman–Crippen MR) is 52.3 cm³/mol. The highest BCUT2D eigenvalue weighted by Crippen LogP contribution is 1.85. The quantitative estimate of drug-likeness (QED) is 0.548. The number of amides is 1. The summed E-state index contributed by atoms with van der Waals surface area (Å²) >= 11 is 0. The van der Waals surface area contributed by atoms with Crippen LogP contribution in [-0.4, -0.2) is 46.9 Å². The molecule has 0 saturated carbocycles. The number of nitrogens with one attached hydrogen (secondary N) is 2. The van der Waals surface area contributed by atoms with Crippen LogP contribution < -0.4 is 10.0 Å². The van der Waals surface area contributed by atoms with E-state index in [2.05, 4.69) is 10.0 Å². The molecule has 7 heteroatoms. The zero-order chi connectivity index (χ0) is 11.2. The van der Waals surface area contributed by atoms with E-state index < -0.39 is 16.1 Å². The minimum Gasteiger partial charge on any atom is -0.383 e. The number of hydrogen-bond acceptors (Lipinski definition) is 4.